The molecule has 0 saturated heterocycles. The van der Waals surface area contributed by atoms with Crippen molar-refractivity contribution < 1.29 is 9.59 Å². The molecule has 1 aliphatic rings. The monoisotopic (exact) mass is 157 g/mol. The predicted molar refractivity (Wildman–Crippen MR) is 42.7 cm³/mol. The van der Waals surface area contributed by atoms with E-state index in [-0.39, 0.29) is 12.1 Å². The van der Waals surface area contributed by atoms with Crippen molar-refractivity contribution in [3.05, 3.63) is 0 Å². The van der Waals surface area contributed by atoms with E-state index in [1.54, 1.807) is 0 Å². The van der Waals surface area contributed by atoms with Crippen LogP contribution < -0.4 is 6.15 Å². The first kappa shape index (κ1) is 10.3. The van der Waals surface area contributed by atoms with Crippen molar-refractivity contribution >= 4 is 12.1 Å². The summed E-state index contributed by atoms with van der Waals surface area (Å²) in [7, 11) is 0. The number of hydrogen-bond acceptors (Lipinski definition) is 3. The predicted octanol–water partition coefficient (Wildman–Crippen LogP) is 1.50. The molecule has 0 aromatic heterocycles. The summed E-state index contributed by atoms with van der Waals surface area (Å²) in [5.74, 6) is 0.351. The van der Waals surface area contributed by atoms with Crippen molar-refractivity contribution in [1.82, 2.24) is 6.15 Å². The standard InChI is InChI=1S/C8H12O2.H3N/c9-6-5-7-3-1-2-4-8(7)10;/h6-7H,1-5H2;1H3. The van der Waals surface area contributed by atoms with E-state index in [2.05, 4.69) is 0 Å². The SMILES string of the molecule is N.O=CCC1CCCCC1=O. The molecule has 1 aliphatic carbocycles. The van der Waals surface area contributed by atoms with Crippen molar-refractivity contribution in [2.24, 2.45) is 5.92 Å². The number of ketones is 1. The largest absolute Gasteiger partial charge is 0.344 e. The first-order valence-electron chi connectivity index (χ1n) is 3.81. The molecule has 0 bridgehead atoms. The van der Waals surface area contributed by atoms with Crippen LogP contribution in [0.4, 0.5) is 0 Å². The third kappa shape index (κ3) is 2.80. The number of hydrogen-bond donors (Lipinski definition) is 1. The lowest BCUT2D eigenvalue weighted by atomic mass is 9.86. The van der Waals surface area contributed by atoms with Gasteiger partial charge in [0.25, 0.3) is 0 Å². The van der Waals surface area contributed by atoms with Crippen LogP contribution in [0.5, 0.6) is 0 Å². The van der Waals surface area contributed by atoms with Crippen LogP contribution in [0.1, 0.15) is 32.1 Å². The summed E-state index contributed by atoms with van der Waals surface area (Å²) in [5, 5.41) is 0. The summed E-state index contributed by atoms with van der Waals surface area (Å²) < 4.78 is 0. The molecule has 1 atom stereocenters. The Kier molecular flexibility index (Phi) is 4.70. The van der Waals surface area contributed by atoms with E-state index in [1.165, 1.54) is 0 Å². The van der Waals surface area contributed by atoms with Gasteiger partial charge < -0.3 is 10.9 Å². The van der Waals surface area contributed by atoms with E-state index in [1.807, 2.05) is 0 Å². The molecule has 0 amide bonds. The van der Waals surface area contributed by atoms with Crippen LogP contribution in [0.2, 0.25) is 0 Å². The average Bonchev–Trinajstić information content (AvgIpc) is 1.94. The van der Waals surface area contributed by atoms with Crippen LogP contribution in [0, 0.1) is 5.92 Å². The Bertz CT molecular complexity index is 145. The molecular weight excluding hydrogens is 142 g/mol. The van der Waals surface area contributed by atoms with Gasteiger partial charge in [-0.3, -0.25) is 4.79 Å². The van der Waals surface area contributed by atoms with Crippen molar-refractivity contribution in [2.45, 2.75) is 32.1 Å². The average molecular weight is 157 g/mol. The zero-order chi connectivity index (χ0) is 7.40. The Morgan fingerprint density at radius 2 is 2.18 bits per heavy atom. The lowest BCUT2D eigenvalue weighted by molar-refractivity contribution is -0.126. The van der Waals surface area contributed by atoms with Crippen molar-refractivity contribution in [2.75, 3.05) is 0 Å². The van der Waals surface area contributed by atoms with Gasteiger partial charge in [0.1, 0.15) is 12.1 Å². The van der Waals surface area contributed by atoms with E-state index in [0.29, 0.717) is 18.6 Å². The van der Waals surface area contributed by atoms with Crippen molar-refractivity contribution in [1.29, 1.82) is 0 Å². The molecule has 1 unspecified atom stereocenters. The second-order valence-electron chi connectivity index (χ2n) is 2.81. The van der Waals surface area contributed by atoms with E-state index in [4.69, 9.17) is 0 Å². The lowest BCUT2D eigenvalue weighted by Crippen LogP contribution is -2.18. The maximum Gasteiger partial charge on any atom is 0.136 e. The third-order valence-electron chi connectivity index (χ3n) is 2.06. The second kappa shape index (κ2) is 5.02. The molecule has 0 aromatic carbocycles. The summed E-state index contributed by atoms with van der Waals surface area (Å²) in [6.07, 6.45) is 5.06. The Balaban J connectivity index is 0.000001000. The Labute approximate surface area is 66.7 Å². The summed E-state index contributed by atoms with van der Waals surface area (Å²) >= 11 is 0. The molecule has 1 rings (SSSR count). The van der Waals surface area contributed by atoms with E-state index in [9.17, 15) is 9.59 Å². The minimum absolute atomic E-state index is 0. The van der Waals surface area contributed by atoms with E-state index < -0.39 is 0 Å². The van der Waals surface area contributed by atoms with Crippen LogP contribution >= 0.6 is 0 Å². The minimum atomic E-state index is 0. The van der Waals surface area contributed by atoms with Crippen LogP contribution in [0.3, 0.4) is 0 Å². The van der Waals surface area contributed by atoms with Crippen LogP contribution in [0.15, 0.2) is 0 Å². The highest BCUT2D eigenvalue weighted by molar-refractivity contribution is 5.83. The molecule has 0 aliphatic heterocycles. The number of Topliss-reactive ketones (excluding diaryl/α,β-unsaturated/α-hetero) is 1. The summed E-state index contributed by atoms with van der Waals surface area (Å²) in [6.45, 7) is 0. The molecule has 0 radical (unpaired) electrons. The Morgan fingerprint density at radius 3 is 2.73 bits per heavy atom. The molecule has 0 aromatic rings. The van der Waals surface area contributed by atoms with Crippen LogP contribution in [0.25, 0.3) is 0 Å². The molecule has 0 spiro atoms. The molecule has 64 valence electrons. The van der Waals surface area contributed by atoms with Crippen LogP contribution in [-0.2, 0) is 9.59 Å². The van der Waals surface area contributed by atoms with Gasteiger partial charge >= 0.3 is 0 Å². The maximum absolute atomic E-state index is 11.0. The topological polar surface area (TPSA) is 69.1 Å². The highest BCUT2D eigenvalue weighted by Gasteiger charge is 2.20. The van der Waals surface area contributed by atoms with Gasteiger partial charge in [-0.15, -0.1) is 0 Å². The van der Waals surface area contributed by atoms with Gasteiger partial charge in [0.15, 0.2) is 0 Å². The highest BCUT2D eigenvalue weighted by atomic mass is 16.1. The van der Waals surface area contributed by atoms with Crippen molar-refractivity contribution in [3.8, 4) is 0 Å². The van der Waals surface area contributed by atoms with Crippen LogP contribution in [-0.4, -0.2) is 12.1 Å². The number of rotatable bonds is 2. The first-order valence-corrected chi connectivity index (χ1v) is 3.81. The summed E-state index contributed by atoms with van der Waals surface area (Å²) in [5.41, 5.74) is 0. The Morgan fingerprint density at radius 1 is 1.45 bits per heavy atom. The van der Waals surface area contributed by atoms with Gasteiger partial charge in [0.2, 0.25) is 0 Å². The zero-order valence-electron chi connectivity index (χ0n) is 6.71. The summed E-state index contributed by atoms with van der Waals surface area (Å²) in [6, 6.07) is 0. The fraction of sp³-hybridized carbons (Fsp3) is 0.750. The van der Waals surface area contributed by atoms with Crippen molar-refractivity contribution in [3.63, 3.8) is 0 Å². The molecule has 3 N–H and O–H groups in total. The fourth-order valence-corrected chi connectivity index (χ4v) is 1.42. The molecule has 0 heterocycles. The molecule has 3 nitrogen and oxygen atoms in total. The third-order valence-corrected chi connectivity index (χ3v) is 2.06. The van der Waals surface area contributed by atoms with Gasteiger partial charge in [-0.05, 0) is 12.8 Å². The van der Waals surface area contributed by atoms with Gasteiger partial charge in [-0.1, -0.05) is 6.42 Å². The van der Waals surface area contributed by atoms with Gasteiger partial charge in [-0.25, -0.2) is 0 Å². The number of carbonyl (C=O) groups excluding carboxylic acids is 2. The highest BCUT2D eigenvalue weighted by Crippen LogP contribution is 2.21. The second-order valence-corrected chi connectivity index (χ2v) is 2.81. The normalized spacial score (nSPS) is 24.0. The molecule has 1 fully saturated rings. The van der Waals surface area contributed by atoms with E-state index >= 15 is 0 Å². The lowest BCUT2D eigenvalue weighted by Gasteiger charge is -2.17. The molecule has 11 heavy (non-hydrogen) atoms. The molecule has 3 heteroatoms. The fourth-order valence-electron chi connectivity index (χ4n) is 1.42. The number of aldehydes is 1. The molecule has 1 saturated carbocycles. The quantitative estimate of drug-likeness (QED) is 0.617. The minimum Gasteiger partial charge on any atom is -0.344 e. The van der Waals surface area contributed by atoms with Gasteiger partial charge in [0.05, 0.1) is 0 Å². The maximum atomic E-state index is 11.0. The van der Waals surface area contributed by atoms with E-state index in [0.717, 1.165) is 25.5 Å². The van der Waals surface area contributed by atoms with Gasteiger partial charge in [0, 0.05) is 18.8 Å². The molecular formula is C8H15NO2. The Hall–Kier alpha value is -0.700. The first-order chi connectivity index (χ1) is 4.84. The zero-order valence-corrected chi connectivity index (χ0v) is 6.71. The summed E-state index contributed by atoms with van der Waals surface area (Å²) in [4.78, 5) is 21.1. The van der Waals surface area contributed by atoms with Gasteiger partial charge in [-0.2, -0.15) is 0 Å². The number of carbonyl (C=O) groups is 2. The smallest absolute Gasteiger partial charge is 0.136 e.